The summed E-state index contributed by atoms with van der Waals surface area (Å²) < 4.78 is 5.60. The van der Waals surface area contributed by atoms with Crippen molar-refractivity contribution in [3.8, 4) is 11.1 Å². The van der Waals surface area contributed by atoms with Gasteiger partial charge >= 0.3 is 12.1 Å². The van der Waals surface area contributed by atoms with Crippen LogP contribution in [0.4, 0.5) is 4.79 Å². The maximum atomic E-state index is 12.5. The lowest BCUT2D eigenvalue weighted by atomic mass is 9.95. The zero-order valence-electron chi connectivity index (χ0n) is 19.7. The minimum atomic E-state index is -1.29. The van der Waals surface area contributed by atoms with E-state index in [-0.39, 0.29) is 30.8 Å². The number of carbonyl (C=O) groups is 3. The summed E-state index contributed by atoms with van der Waals surface area (Å²) in [6.07, 6.45) is 1.98. The van der Waals surface area contributed by atoms with Crippen LogP contribution in [0.1, 0.15) is 56.6 Å². The Morgan fingerprint density at radius 2 is 1.65 bits per heavy atom. The van der Waals surface area contributed by atoms with Gasteiger partial charge in [-0.2, -0.15) is 0 Å². The molecule has 7 nitrogen and oxygen atoms in total. The van der Waals surface area contributed by atoms with E-state index in [1.807, 2.05) is 24.3 Å². The Balaban J connectivity index is 1.31. The summed E-state index contributed by atoms with van der Waals surface area (Å²) in [4.78, 5) is 36.5. The van der Waals surface area contributed by atoms with Gasteiger partial charge in [-0.3, -0.25) is 4.79 Å². The van der Waals surface area contributed by atoms with Gasteiger partial charge in [-0.1, -0.05) is 55.5 Å². The molecule has 1 saturated carbocycles. The number of hydrogen-bond acceptors (Lipinski definition) is 4. The number of carbonyl (C=O) groups excluding carboxylic acids is 2. The minimum Gasteiger partial charge on any atom is -0.480 e. The topological polar surface area (TPSA) is 105 Å². The number of carboxylic acids is 1. The van der Waals surface area contributed by atoms with Gasteiger partial charge in [-0.25, -0.2) is 9.59 Å². The van der Waals surface area contributed by atoms with E-state index in [9.17, 15) is 19.5 Å². The van der Waals surface area contributed by atoms with E-state index < -0.39 is 17.6 Å². The minimum absolute atomic E-state index is 0.00843. The number of ether oxygens (including phenoxy) is 1. The summed E-state index contributed by atoms with van der Waals surface area (Å²) in [7, 11) is 0. The lowest BCUT2D eigenvalue weighted by Gasteiger charge is -2.26. The molecule has 7 heteroatoms. The fourth-order valence-electron chi connectivity index (χ4n) is 4.73. The average molecular weight is 465 g/mol. The molecule has 1 fully saturated rings. The van der Waals surface area contributed by atoms with Gasteiger partial charge in [0.05, 0.1) is 0 Å². The molecule has 0 heterocycles. The maximum absolute atomic E-state index is 12.5. The van der Waals surface area contributed by atoms with Gasteiger partial charge in [0.2, 0.25) is 5.91 Å². The predicted molar refractivity (Wildman–Crippen MR) is 128 cm³/mol. The molecule has 0 spiro atoms. The molecule has 34 heavy (non-hydrogen) atoms. The van der Waals surface area contributed by atoms with Crippen LogP contribution >= 0.6 is 0 Å². The number of benzene rings is 2. The summed E-state index contributed by atoms with van der Waals surface area (Å²) in [5.41, 5.74) is 3.37. The summed E-state index contributed by atoms with van der Waals surface area (Å²) in [6, 6.07) is 16.3. The Morgan fingerprint density at radius 3 is 2.18 bits per heavy atom. The second-order valence-corrected chi connectivity index (χ2v) is 9.55. The first-order chi connectivity index (χ1) is 16.3. The van der Waals surface area contributed by atoms with E-state index in [0.717, 1.165) is 24.0 Å². The van der Waals surface area contributed by atoms with Crippen molar-refractivity contribution in [3.63, 3.8) is 0 Å². The molecule has 2 aliphatic rings. The Labute approximate surface area is 199 Å². The zero-order valence-corrected chi connectivity index (χ0v) is 19.7. The summed E-state index contributed by atoms with van der Waals surface area (Å²) >= 11 is 0. The zero-order chi connectivity index (χ0) is 24.3. The molecule has 2 aromatic carbocycles. The van der Waals surface area contributed by atoms with Crippen LogP contribution in [-0.4, -0.2) is 41.8 Å². The van der Waals surface area contributed by atoms with Gasteiger partial charge in [0, 0.05) is 18.9 Å². The molecule has 0 bridgehead atoms. The maximum Gasteiger partial charge on any atom is 0.407 e. The van der Waals surface area contributed by atoms with Crippen LogP contribution < -0.4 is 10.6 Å². The normalized spacial score (nSPS) is 17.1. The van der Waals surface area contributed by atoms with Crippen molar-refractivity contribution < 1.29 is 24.2 Å². The van der Waals surface area contributed by atoms with E-state index in [1.165, 1.54) is 18.1 Å². The second kappa shape index (κ2) is 9.87. The van der Waals surface area contributed by atoms with Gasteiger partial charge in [0.15, 0.2) is 0 Å². The number of carboxylic acid groups (broad SMARTS) is 1. The van der Waals surface area contributed by atoms with E-state index >= 15 is 0 Å². The standard InChI is InChI=1S/C27H32N2O5/c1-3-27(2,25(31)32)29-24(30)14-18(17-12-13-17)15-28-26(33)34-16-23-21-10-6-4-8-19(21)20-9-5-7-11-22(20)23/h4-11,17-18,23H,3,12-16H2,1-2H3,(H,28,33)(H,29,30)(H,31,32). The van der Waals surface area contributed by atoms with Gasteiger partial charge < -0.3 is 20.5 Å². The van der Waals surface area contributed by atoms with E-state index in [1.54, 1.807) is 6.92 Å². The van der Waals surface area contributed by atoms with Crippen molar-refractivity contribution in [2.24, 2.45) is 11.8 Å². The quantitative estimate of drug-likeness (QED) is 0.486. The smallest absolute Gasteiger partial charge is 0.407 e. The van der Waals surface area contributed by atoms with Crippen molar-refractivity contribution in [3.05, 3.63) is 59.7 Å². The first kappa shape index (κ1) is 23.8. The van der Waals surface area contributed by atoms with Gasteiger partial charge in [-0.05, 0) is 60.3 Å². The summed E-state index contributed by atoms with van der Waals surface area (Å²) in [5, 5.41) is 14.9. The van der Waals surface area contributed by atoms with Gasteiger partial charge in [-0.15, -0.1) is 0 Å². The van der Waals surface area contributed by atoms with Crippen molar-refractivity contribution >= 4 is 18.0 Å². The van der Waals surface area contributed by atoms with Gasteiger partial charge in [0.25, 0.3) is 0 Å². The van der Waals surface area contributed by atoms with Crippen LogP contribution in [0.25, 0.3) is 11.1 Å². The fraction of sp³-hybridized carbons (Fsp3) is 0.444. The molecule has 4 rings (SSSR count). The number of rotatable bonds is 10. The third-order valence-corrected chi connectivity index (χ3v) is 7.18. The highest BCUT2D eigenvalue weighted by Gasteiger charge is 2.37. The SMILES string of the molecule is CCC(C)(NC(=O)CC(CNC(=O)OCC1c2ccccc2-c2ccccc21)C1CC1)C(=O)O. The predicted octanol–water partition coefficient (Wildman–Crippen LogP) is 4.31. The van der Waals surface area contributed by atoms with Crippen LogP contribution in [-0.2, 0) is 14.3 Å². The molecule has 180 valence electrons. The Hall–Kier alpha value is -3.35. The molecule has 3 N–H and O–H groups in total. The molecule has 2 atom stereocenters. The largest absolute Gasteiger partial charge is 0.480 e. The molecule has 0 saturated heterocycles. The van der Waals surface area contributed by atoms with Crippen molar-refractivity contribution in [1.29, 1.82) is 0 Å². The molecular formula is C27H32N2O5. The Bertz CT molecular complexity index is 1030. The first-order valence-corrected chi connectivity index (χ1v) is 12.0. The molecule has 2 amide bonds. The fourth-order valence-corrected chi connectivity index (χ4v) is 4.73. The molecule has 2 aromatic rings. The highest BCUT2D eigenvalue weighted by atomic mass is 16.5. The third kappa shape index (κ3) is 5.08. The lowest BCUT2D eigenvalue weighted by Crippen LogP contribution is -2.52. The van der Waals surface area contributed by atoms with E-state index in [4.69, 9.17) is 4.74 Å². The summed E-state index contributed by atoms with van der Waals surface area (Å²) in [5.74, 6) is -1.06. The van der Waals surface area contributed by atoms with Gasteiger partial charge in [0.1, 0.15) is 12.1 Å². The van der Waals surface area contributed by atoms with Crippen molar-refractivity contribution in [1.82, 2.24) is 10.6 Å². The van der Waals surface area contributed by atoms with Crippen LogP contribution in [0.3, 0.4) is 0 Å². The van der Waals surface area contributed by atoms with Crippen LogP contribution in [0.5, 0.6) is 0 Å². The number of aliphatic carboxylic acids is 1. The van der Waals surface area contributed by atoms with E-state index in [2.05, 4.69) is 34.9 Å². The highest BCUT2D eigenvalue weighted by molar-refractivity contribution is 5.86. The number of fused-ring (bicyclic) bond motifs is 3. The molecule has 0 radical (unpaired) electrons. The number of amides is 2. The molecule has 2 aliphatic carbocycles. The van der Waals surface area contributed by atoms with E-state index in [0.29, 0.717) is 18.9 Å². The number of alkyl carbamates (subject to hydrolysis) is 1. The van der Waals surface area contributed by atoms with Crippen LogP contribution in [0.2, 0.25) is 0 Å². The highest BCUT2D eigenvalue weighted by Crippen LogP contribution is 2.44. The molecule has 2 unspecified atom stereocenters. The van der Waals surface area contributed by atoms with Crippen molar-refractivity contribution in [2.75, 3.05) is 13.2 Å². The number of hydrogen-bond donors (Lipinski definition) is 3. The number of nitrogens with one attached hydrogen (secondary N) is 2. The molecule has 0 aliphatic heterocycles. The average Bonchev–Trinajstić information content (AvgIpc) is 3.63. The third-order valence-electron chi connectivity index (χ3n) is 7.18. The molecule has 0 aromatic heterocycles. The first-order valence-electron chi connectivity index (χ1n) is 12.0. The Kier molecular flexibility index (Phi) is 6.91. The summed E-state index contributed by atoms with van der Waals surface area (Å²) in [6.45, 7) is 3.80. The second-order valence-electron chi connectivity index (χ2n) is 9.55. The molecular weight excluding hydrogens is 432 g/mol. The van der Waals surface area contributed by atoms with Crippen LogP contribution in [0.15, 0.2) is 48.5 Å². The lowest BCUT2D eigenvalue weighted by molar-refractivity contribution is -0.147. The Morgan fingerprint density at radius 1 is 1.06 bits per heavy atom. The monoisotopic (exact) mass is 464 g/mol. The van der Waals surface area contributed by atoms with Crippen molar-refractivity contribution in [2.45, 2.75) is 51.0 Å². The van der Waals surface area contributed by atoms with Crippen LogP contribution in [0, 0.1) is 11.8 Å².